The first-order valence-electron chi connectivity index (χ1n) is 12.9. The monoisotopic (exact) mass is 442 g/mol. The highest BCUT2D eigenvalue weighted by Crippen LogP contribution is 2.66. The van der Waals surface area contributed by atoms with Crippen LogP contribution < -0.4 is 0 Å². The van der Waals surface area contributed by atoms with Crippen molar-refractivity contribution in [1.29, 1.82) is 0 Å². The lowest BCUT2D eigenvalue weighted by atomic mass is 9.48. The van der Waals surface area contributed by atoms with E-state index in [0.717, 1.165) is 24.2 Å². The minimum atomic E-state index is -1.76. The van der Waals surface area contributed by atoms with E-state index in [-0.39, 0.29) is 22.5 Å². The molecule has 0 amide bonds. The van der Waals surface area contributed by atoms with Gasteiger partial charge in [0.25, 0.3) is 0 Å². The van der Waals surface area contributed by atoms with E-state index in [1.807, 2.05) is 0 Å². The molecule has 2 nitrogen and oxygen atoms in total. The molecule has 0 aliphatic heterocycles. The Morgan fingerprint density at radius 3 is 2.52 bits per heavy atom. The Labute approximate surface area is 192 Å². The molecule has 0 unspecified atom stereocenters. The summed E-state index contributed by atoms with van der Waals surface area (Å²) < 4.78 is 6.79. The number of carbonyl (C=O) groups is 1. The first kappa shape index (κ1) is 23.5. The van der Waals surface area contributed by atoms with E-state index in [1.165, 1.54) is 38.4 Å². The predicted molar refractivity (Wildman–Crippen MR) is 132 cm³/mol. The van der Waals surface area contributed by atoms with Gasteiger partial charge < -0.3 is 9.22 Å². The van der Waals surface area contributed by atoms with Gasteiger partial charge in [-0.15, -0.1) is 0 Å². The fourth-order valence-electron chi connectivity index (χ4n) is 7.86. The summed E-state index contributed by atoms with van der Waals surface area (Å²) >= 11 is 0. The van der Waals surface area contributed by atoms with Crippen LogP contribution in [0, 0.1) is 40.4 Å². The number of fused-ring (bicyclic) bond motifs is 5. The molecule has 0 aromatic heterocycles. The van der Waals surface area contributed by atoms with E-state index in [1.54, 1.807) is 5.57 Å². The van der Waals surface area contributed by atoms with Crippen LogP contribution in [0.3, 0.4) is 0 Å². The quantitative estimate of drug-likeness (QED) is 0.255. The zero-order chi connectivity index (χ0) is 22.8. The molecule has 4 aliphatic carbocycles. The van der Waals surface area contributed by atoms with Gasteiger partial charge >= 0.3 is 0 Å². The van der Waals surface area contributed by atoms with E-state index in [4.69, 9.17) is 4.43 Å². The minimum absolute atomic E-state index is 0.200. The maximum atomic E-state index is 11.6. The largest absolute Gasteiger partial charge is 0.410 e. The van der Waals surface area contributed by atoms with Gasteiger partial charge in [0.1, 0.15) is 6.29 Å². The third-order valence-corrected chi connectivity index (χ3v) is 15.3. The van der Waals surface area contributed by atoms with Gasteiger partial charge in [0.15, 0.2) is 8.32 Å². The van der Waals surface area contributed by atoms with Crippen molar-refractivity contribution in [3.8, 4) is 0 Å². The minimum Gasteiger partial charge on any atom is -0.410 e. The highest BCUT2D eigenvalue weighted by molar-refractivity contribution is 6.74. The van der Waals surface area contributed by atoms with Crippen LogP contribution >= 0.6 is 0 Å². The number of aldehydes is 1. The van der Waals surface area contributed by atoms with E-state index in [2.05, 4.69) is 72.9 Å². The van der Waals surface area contributed by atoms with E-state index >= 15 is 0 Å². The van der Waals surface area contributed by atoms with Gasteiger partial charge in [-0.05, 0) is 85.7 Å². The first-order chi connectivity index (χ1) is 14.3. The van der Waals surface area contributed by atoms with Crippen LogP contribution in [-0.2, 0) is 9.22 Å². The van der Waals surface area contributed by atoms with Crippen molar-refractivity contribution in [3.63, 3.8) is 0 Å². The van der Waals surface area contributed by atoms with Gasteiger partial charge in [-0.2, -0.15) is 0 Å². The van der Waals surface area contributed by atoms with Gasteiger partial charge in [0.2, 0.25) is 0 Å². The van der Waals surface area contributed by atoms with Gasteiger partial charge in [-0.3, -0.25) is 0 Å². The van der Waals surface area contributed by atoms with Crippen LogP contribution in [-0.4, -0.2) is 20.7 Å². The molecule has 0 saturated heterocycles. The third kappa shape index (κ3) is 3.66. The van der Waals surface area contributed by atoms with Gasteiger partial charge in [-0.25, -0.2) is 0 Å². The Morgan fingerprint density at radius 2 is 1.87 bits per heavy atom. The van der Waals surface area contributed by atoms with Crippen molar-refractivity contribution in [3.05, 3.63) is 23.8 Å². The van der Waals surface area contributed by atoms with Crippen LogP contribution in [0.25, 0.3) is 0 Å². The summed E-state index contributed by atoms with van der Waals surface area (Å²) in [5.74, 6) is 3.10. The number of hydrogen-bond donors (Lipinski definition) is 0. The summed E-state index contributed by atoms with van der Waals surface area (Å²) in [6, 6.07) is 0. The van der Waals surface area contributed by atoms with Crippen molar-refractivity contribution < 1.29 is 9.22 Å². The second-order valence-electron chi connectivity index (χ2n) is 13.3. The Kier molecular flexibility index (Phi) is 5.82. The van der Waals surface area contributed by atoms with Crippen molar-refractivity contribution in [2.45, 2.75) is 104 Å². The standard InChI is InChI=1S/C28H46O2Si/c1-19(18-29)23-11-12-24-22-10-9-20-17-21(30-31(7,8)26(2,3)4)13-15-27(20,5)25(22)14-16-28(23,24)6/h9,13,15,18-19,21-25H,10-12,14,16-17H2,1-8H3/t19-,21+,22+,23-,24+,25+,27+,28-/m1/s1. The second-order valence-corrected chi connectivity index (χ2v) is 18.1. The summed E-state index contributed by atoms with van der Waals surface area (Å²) in [6.45, 7) is 18.9. The normalized spacial score (nSPS) is 43.5. The molecule has 174 valence electrons. The molecule has 3 heteroatoms. The molecule has 2 saturated carbocycles. The maximum absolute atomic E-state index is 11.6. The molecule has 4 rings (SSSR count). The fourth-order valence-corrected chi connectivity index (χ4v) is 9.13. The van der Waals surface area contributed by atoms with Crippen LogP contribution in [0.1, 0.15) is 80.1 Å². The summed E-state index contributed by atoms with van der Waals surface area (Å²) in [7, 11) is -1.76. The zero-order valence-corrected chi connectivity index (χ0v) is 22.3. The Balaban J connectivity index is 1.55. The van der Waals surface area contributed by atoms with Gasteiger partial charge in [-0.1, -0.05) is 65.3 Å². The fraction of sp³-hybridized carbons (Fsp3) is 0.821. The van der Waals surface area contributed by atoms with Crippen molar-refractivity contribution in [2.24, 2.45) is 40.4 Å². The highest BCUT2D eigenvalue weighted by atomic mass is 28.4. The lowest BCUT2D eigenvalue weighted by molar-refractivity contribution is -0.114. The lowest BCUT2D eigenvalue weighted by Crippen LogP contribution is -2.50. The Hall–Kier alpha value is -0.673. The maximum Gasteiger partial charge on any atom is 0.192 e. The Bertz CT molecular complexity index is 774. The summed E-state index contributed by atoms with van der Waals surface area (Å²) in [6.07, 6.45) is 16.5. The van der Waals surface area contributed by atoms with Crippen LogP contribution in [0.2, 0.25) is 18.1 Å². The zero-order valence-electron chi connectivity index (χ0n) is 21.3. The molecule has 0 aromatic carbocycles. The van der Waals surface area contributed by atoms with Crippen molar-refractivity contribution >= 4 is 14.6 Å². The topological polar surface area (TPSA) is 26.3 Å². The van der Waals surface area contributed by atoms with E-state index < -0.39 is 8.32 Å². The van der Waals surface area contributed by atoms with Gasteiger partial charge in [0, 0.05) is 11.3 Å². The molecule has 4 aliphatic rings. The molecule has 0 spiro atoms. The molecule has 8 atom stereocenters. The van der Waals surface area contributed by atoms with E-state index in [0.29, 0.717) is 11.3 Å². The van der Waals surface area contributed by atoms with E-state index in [9.17, 15) is 4.79 Å². The smallest absolute Gasteiger partial charge is 0.192 e. The number of carbonyl (C=O) groups excluding carboxylic acids is 1. The van der Waals surface area contributed by atoms with Crippen molar-refractivity contribution in [1.82, 2.24) is 0 Å². The molecule has 0 heterocycles. The Morgan fingerprint density at radius 1 is 1.16 bits per heavy atom. The SMILES string of the molecule is C[C@H](C=O)[C@H]1CC[C@H]2[C@@H]3CC=C4C[C@@H](O[Si](C)(C)C(C)(C)C)C=C[C@]4(C)[C@H]3CC[C@]12C. The molecule has 31 heavy (non-hydrogen) atoms. The summed E-state index contributed by atoms with van der Waals surface area (Å²) in [5.41, 5.74) is 2.20. The van der Waals surface area contributed by atoms with Crippen LogP contribution in [0.15, 0.2) is 23.8 Å². The van der Waals surface area contributed by atoms with Crippen LogP contribution in [0.5, 0.6) is 0 Å². The van der Waals surface area contributed by atoms with Crippen molar-refractivity contribution in [2.75, 3.05) is 0 Å². The number of rotatable bonds is 4. The third-order valence-electron chi connectivity index (χ3n) is 10.8. The first-order valence-corrected chi connectivity index (χ1v) is 15.8. The molecular formula is C28H46O2Si. The highest BCUT2D eigenvalue weighted by Gasteiger charge is 2.58. The molecule has 0 radical (unpaired) electrons. The average molecular weight is 443 g/mol. The molecule has 2 fully saturated rings. The van der Waals surface area contributed by atoms with Crippen LogP contribution in [0.4, 0.5) is 0 Å². The molecule has 0 bridgehead atoms. The molecule has 0 N–H and O–H groups in total. The average Bonchev–Trinajstić information content (AvgIpc) is 3.04. The molecular weight excluding hydrogens is 396 g/mol. The second kappa shape index (κ2) is 7.69. The number of hydrogen-bond acceptors (Lipinski definition) is 2. The number of allylic oxidation sites excluding steroid dienone is 2. The van der Waals surface area contributed by atoms with Gasteiger partial charge in [0.05, 0.1) is 6.10 Å². The lowest BCUT2D eigenvalue weighted by Gasteiger charge is -2.57. The molecule has 0 aromatic rings. The predicted octanol–water partition coefficient (Wildman–Crippen LogP) is 7.57. The summed E-state index contributed by atoms with van der Waals surface area (Å²) in [5, 5.41) is 0.249. The summed E-state index contributed by atoms with van der Waals surface area (Å²) in [4.78, 5) is 11.6.